The molecule has 0 saturated heterocycles. The average molecular weight is 303 g/mol. The lowest BCUT2D eigenvalue weighted by Crippen LogP contribution is -1.94. The monoisotopic (exact) mass is 303 g/mol. The molecule has 118 valence electrons. The molecule has 1 heterocycles. The van der Waals surface area contributed by atoms with Gasteiger partial charge >= 0.3 is 0 Å². The molecule has 1 aromatic heterocycles. The predicted molar refractivity (Wildman–Crippen MR) is 99.0 cm³/mol. The van der Waals surface area contributed by atoms with E-state index in [1.807, 2.05) is 12.3 Å². The van der Waals surface area contributed by atoms with Gasteiger partial charge in [-0.25, -0.2) is 0 Å². The van der Waals surface area contributed by atoms with Gasteiger partial charge in [0, 0.05) is 11.6 Å². The number of fused-ring (bicyclic) bond motifs is 1. The molecule has 3 aromatic rings. The Labute approximate surface area is 139 Å². The second kappa shape index (κ2) is 7.41. The summed E-state index contributed by atoms with van der Waals surface area (Å²) >= 11 is 0. The van der Waals surface area contributed by atoms with Crippen LogP contribution in [0.3, 0.4) is 0 Å². The summed E-state index contributed by atoms with van der Waals surface area (Å²) in [5.41, 5.74) is 6.56. The summed E-state index contributed by atoms with van der Waals surface area (Å²) in [5, 5.41) is 1.26. The predicted octanol–water partition coefficient (Wildman–Crippen LogP) is 5.87. The highest BCUT2D eigenvalue weighted by atomic mass is 14.6. The minimum atomic E-state index is 0.947. The number of aryl methyl sites for hydroxylation is 2. The smallest absolute Gasteiger partial charge is 0.0739 e. The van der Waals surface area contributed by atoms with Crippen LogP contribution < -0.4 is 0 Å². The second-order valence-electron chi connectivity index (χ2n) is 6.39. The van der Waals surface area contributed by atoms with Crippen LogP contribution >= 0.6 is 0 Å². The van der Waals surface area contributed by atoms with E-state index in [1.165, 1.54) is 53.3 Å². The van der Waals surface area contributed by atoms with Crippen LogP contribution in [0.25, 0.3) is 10.9 Å². The Hall–Kier alpha value is -2.15. The van der Waals surface area contributed by atoms with Crippen molar-refractivity contribution in [3.8, 4) is 0 Å². The number of pyridine rings is 1. The topological polar surface area (TPSA) is 12.9 Å². The Morgan fingerprint density at radius 2 is 1.65 bits per heavy atom. The van der Waals surface area contributed by atoms with Crippen LogP contribution in [-0.2, 0) is 12.8 Å². The number of unbranched alkanes of at least 4 members (excludes halogenated alkanes) is 2. The highest BCUT2D eigenvalue weighted by Crippen LogP contribution is 2.23. The number of hydrogen-bond donors (Lipinski definition) is 0. The molecule has 0 aliphatic heterocycles. The minimum Gasteiger partial charge on any atom is -0.256 e. The van der Waals surface area contributed by atoms with Crippen molar-refractivity contribution >= 4 is 10.9 Å². The Morgan fingerprint density at radius 3 is 2.43 bits per heavy atom. The largest absolute Gasteiger partial charge is 0.256 e. The lowest BCUT2D eigenvalue weighted by atomic mass is 9.98. The molecular formula is C22H25N. The number of aromatic nitrogens is 1. The fourth-order valence-corrected chi connectivity index (χ4v) is 3.14. The molecule has 0 N–H and O–H groups in total. The second-order valence-corrected chi connectivity index (χ2v) is 6.39. The molecule has 0 aliphatic rings. The maximum Gasteiger partial charge on any atom is 0.0739 e. The number of hydrogen-bond acceptors (Lipinski definition) is 1. The van der Waals surface area contributed by atoms with E-state index in [4.69, 9.17) is 0 Å². The Morgan fingerprint density at radius 1 is 0.870 bits per heavy atom. The lowest BCUT2D eigenvalue weighted by molar-refractivity contribution is 0.717. The fraction of sp³-hybridized carbons (Fsp3) is 0.318. The normalized spacial score (nSPS) is 11.0. The zero-order valence-electron chi connectivity index (χ0n) is 14.2. The van der Waals surface area contributed by atoms with Crippen LogP contribution in [0.15, 0.2) is 54.7 Å². The molecule has 1 nitrogen and oxygen atoms in total. The first-order valence-electron chi connectivity index (χ1n) is 8.69. The summed E-state index contributed by atoms with van der Waals surface area (Å²) in [7, 11) is 0. The molecule has 3 rings (SSSR count). The Bertz CT molecular complexity index is 772. The van der Waals surface area contributed by atoms with Gasteiger partial charge in [-0.2, -0.15) is 0 Å². The molecule has 2 aromatic carbocycles. The summed E-state index contributed by atoms with van der Waals surface area (Å²) in [4.78, 5) is 4.61. The number of rotatable bonds is 6. The van der Waals surface area contributed by atoms with Crippen molar-refractivity contribution in [2.45, 2.75) is 46.0 Å². The molecule has 0 bridgehead atoms. The molecule has 23 heavy (non-hydrogen) atoms. The number of benzene rings is 2. The standard InChI is InChI=1S/C22H25N/c1-3-4-5-7-18-10-12-19(13-11-18)16-20-14-9-17(2)21-8-6-15-23-22(20)21/h6,8-15H,3-5,7,16H2,1-2H3. The molecule has 0 radical (unpaired) electrons. The van der Waals surface area contributed by atoms with Crippen LogP contribution in [0.4, 0.5) is 0 Å². The average Bonchev–Trinajstić information content (AvgIpc) is 2.59. The molecule has 0 fully saturated rings. The maximum absolute atomic E-state index is 4.61. The summed E-state index contributed by atoms with van der Waals surface area (Å²) in [6, 6.07) is 17.7. The van der Waals surface area contributed by atoms with Crippen molar-refractivity contribution in [2.75, 3.05) is 0 Å². The van der Waals surface area contributed by atoms with Crippen molar-refractivity contribution in [1.29, 1.82) is 0 Å². The maximum atomic E-state index is 4.61. The van der Waals surface area contributed by atoms with E-state index in [9.17, 15) is 0 Å². The molecule has 0 atom stereocenters. The minimum absolute atomic E-state index is 0.947. The summed E-state index contributed by atoms with van der Waals surface area (Å²) < 4.78 is 0. The molecule has 0 unspecified atom stereocenters. The van der Waals surface area contributed by atoms with E-state index in [-0.39, 0.29) is 0 Å². The molecule has 1 heteroatoms. The van der Waals surface area contributed by atoms with Gasteiger partial charge < -0.3 is 0 Å². The number of nitrogens with zero attached hydrogens (tertiary/aromatic N) is 1. The van der Waals surface area contributed by atoms with Crippen LogP contribution in [-0.4, -0.2) is 4.98 Å². The van der Waals surface area contributed by atoms with Gasteiger partial charge in [0.1, 0.15) is 0 Å². The van der Waals surface area contributed by atoms with Crippen molar-refractivity contribution in [3.63, 3.8) is 0 Å². The van der Waals surface area contributed by atoms with E-state index in [0.29, 0.717) is 0 Å². The van der Waals surface area contributed by atoms with Crippen molar-refractivity contribution in [3.05, 3.63) is 77.0 Å². The van der Waals surface area contributed by atoms with Gasteiger partial charge in [-0.15, -0.1) is 0 Å². The zero-order chi connectivity index (χ0) is 16.1. The highest BCUT2D eigenvalue weighted by molar-refractivity contribution is 5.85. The van der Waals surface area contributed by atoms with Gasteiger partial charge in [0.05, 0.1) is 5.52 Å². The quantitative estimate of drug-likeness (QED) is 0.519. The van der Waals surface area contributed by atoms with E-state index >= 15 is 0 Å². The van der Waals surface area contributed by atoms with E-state index in [2.05, 4.69) is 61.3 Å². The third kappa shape index (κ3) is 3.79. The van der Waals surface area contributed by atoms with Gasteiger partial charge in [-0.3, -0.25) is 4.98 Å². The Kier molecular flexibility index (Phi) is 5.07. The third-order valence-electron chi connectivity index (χ3n) is 4.56. The SMILES string of the molecule is CCCCCc1ccc(Cc2ccc(C)c3cccnc23)cc1. The van der Waals surface area contributed by atoms with Crippen LogP contribution in [0.2, 0.25) is 0 Å². The first-order chi connectivity index (χ1) is 11.3. The van der Waals surface area contributed by atoms with Crippen molar-refractivity contribution in [1.82, 2.24) is 4.98 Å². The van der Waals surface area contributed by atoms with Crippen molar-refractivity contribution < 1.29 is 0 Å². The summed E-state index contributed by atoms with van der Waals surface area (Å²) in [5.74, 6) is 0. The van der Waals surface area contributed by atoms with Crippen LogP contribution in [0.1, 0.15) is 48.4 Å². The molecular weight excluding hydrogens is 278 g/mol. The molecule has 0 aliphatic carbocycles. The van der Waals surface area contributed by atoms with Crippen LogP contribution in [0.5, 0.6) is 0 Å². The summed E-state index contributed by atoms with van der Waals surface area (Å²) in [6.45, 7) is 4.40. The van der Waals surface area contributed by atoms with Crippen LogP contribution in [0, 0.1) is 6.92 Å². The van der Waals surface area contributed by atoms with Gasteiger partial charge in [0.15, 0.2) is 0 Å². The molecule has 0 spiro atoms. The fourth-order valence-electron chi connectivity index (χ4n) is 3.14. The summed E-state index contributed by atoms with van der Waals surface area (Å²) in [6.07, 6.45) is 7.94. The van der Waals surface area contributed by atoms with Gasteiger partial charge in [0.2, 0.25) is 0 Å². The van der Waals surface area contributed by atoms with Gasteiger partial charge in [-0.1, -0.05) is 62.2 Å². The molecule has 0 amide bonds. The third-order valence-corrected chi connectivity index (χ3v) is 4.56. The zero-order valence-corrected chi connectivity index (χ0v) is 14.2. The van der Waals surface area contributed by atoms with E-state index < -0.39 is 0 Å². The first kappa shape index (κ1) is 15.7. The van der Waals surface area contributed by atoms with Crippen molar-refractivity contribution in [2.24, 2.45) is 0 Å². The van der Waals surface area contributed by atoms with Gasteiger partial charge in [0.25, 0.3) is 0 Å². The molecule has 0 saturated carbocycles. The van der Waals surface area contributed by atoms with E-state index in [0.717, 1.165) is 11.9 Å². The lowest BCUT2D eigenvalue weighted by Gasteiger charge is -2.09. The first-order valence-corrected chi connectivity index (χ1v) is 8.69. The van der Waals surface area contributed by atoms with Gasteiger partial charge in [-0.05, 0) is 54.5 Å². The highest BCUT2D eigenvalue weighted by Gasteiger charge is 2.05. The Balaban J connectivity index is 1.78. The van der Waals surface area contributed by atoms with E-state index in [1.54, 1.807) is 0 Å².